The van der Waals surface area contributed by atoms with Crippen molar-refractivity contribution >= 4 is 5.91 Å². The largest absolute Gasteiger partial charge is 0.379 e. The second-order valence-corrected chi connectivity index (χ2v) is 4.90. The first-order chi connectivity index (χ1) is 9.16. The summed E-state index contributed by atoms with van der Waals surface area (Å²) < 4.78 is 5.32. The van der Waals surface area contributed by atoms with E-state index in [1.807, 2.05) is 13.0 Å². The Balaban J connectivity index is 1.81. The number of carbonyl (C=O) groups is 1. The van der Waals surface area contributed by atoms with Gasteiger partial charge in [-0.25, -0.2) is 0 Å². The predicted molar refractivity (Wildman–Crippen MR) is 73.2 cm³/mol. The van der Waals surface area contributed by atoms with E-state index in [4.69, 9.17) is 4.74 Å². The highest BCUT2D eigenvalue weighted by Gasteiger charge is 2.17. The van der Waals surface area contributed by atoms with Crippen LogP contribution in [0.25, 0.3) is 0 Å². The molecule has 1 amide bonds. The summed E-state index contributed by atoms with van der Waals surface area (Å²) in [6.07, 6.45) is 1.62. The molecule has 0 aromatic carbocycles. The molecule has 1 unspecified atom stereocenters. The third kappa shape index (κ3) is 4.01. The average molecular weight is 263 g/mol. The minimum atomic E-state index is -0.0624. The van der Waals surface area contributed by atoms with Crippen molar-refractivity contribution in [1.29, 1.82) is 0 Å². The number of nitrogens with zero attached hydrogens (tertiary/aromatic N) is 2. The van der Waals surface area contributed by atoms with E-state index < -0.39 is 0 Å². The Labute approximate surface area is 114 Å². The van der Waals surface area contributed by atoms with Crippen molar-refractivity contribution in [3.05, 3.63) is 29.6 Å². The molecule has 2 rings (SSSR count). The maximum absolute atomic E-state index is 11.9. The number of rotatable bonds is 4. The number of morpholine rings is 1. The first-order valence-corrected chi connectivity index (χ1v) is 6.69. The zero-order chi connectivity index (χ0) is 13.7. The van der Waals surface area contributed by atoms with Gasteiger partial charge in [0.05, 0.1) is 18.8 Å². The molecule has 0 saturated carbocycles. The molecule has 5 nitrogen and oxygen atoms in total. The predicted octanol–water partition coefficient (Wildman–Crippen LogP) is 0.841. The molecular weight excluding hydrogens is 242 g/mol. The molecule has 19 heavy (non-hydrogen) atoms. The minimum Gasteiger partial charge on any atom is -0.379 e. The van der Waals surface area contributed by atoms with Crippen molar-refractivity contribution in [3.63, 3.8) is 0 Å². The SMILES string of the molecule is Cc1ccc(C(=O)NCC(C)N2CCOCC2)cn1. The van der Waals surface area contributed by atoms with E-state index in [1.54, 1.807) is 12.3 Å². The van der Waals surface area contributed by atoms with Crippen LogP contribution in [0.2, 0.25) is 0 Å². The van der Waals surface area contributed by atoms with E-state index in [1.165, 1.54) is 0 Å². The van der Waals surface area contributed by atoms with Crippen LogP contribution in [0.4, 0.5) is 0 Å². The Morgan fingerprint density at radius 3 is 2.84 bits per heavy atom. The van der Waals surface area contributed by atoms with Crippen LogP contribution < -0.4 is 5.32 Å². The summed E-state index contributed by atoms with van der Waals surface area (Å²) in [7, 11) is 0. The van der Waals surface area contributed by atoms with Gasteiger partial charge in [0, 0.05) is 37.6 Å². The summed E-state index contributed by atoms with van der Waals surface area (Å²) >= 11 is 0. The molecule has 104 valence electrons. The standard InChI is InChI=1S/C14H21N3O2/c1-11-3-4-13(10-15-11)14(18)16-9-12(2)17-5-7-19-8-6-17/h3-4,10,12H,5-9H2,1-2H3,(H,16,18). The van der Waals surface area contributed by atoms with Gasteiger partial charge in [0.25, 0.3) is 5.91 Å². The van der Waals surface area contributed by atoms with Crippen LogP contribution in [-0.4, -0.2) is 54.7 Å². The molecule has 1 aromatic rings. The second kappa shape index (κ2) is 6.63. The first kappa shape index (κ1) is 14.0. The van der Waals surface area contributed by atoms with Crippen LogP contribution in [0.15, 0.2) is 18.3 Å². The molecule has 1 aliphatic rings. The quantitative estimate of drug-likeness (QED) is 0.874. The topological polar surface area (TPSA) is 54.5 Å². The van der Waals surface area contributed by atoms with E-state index in [0.717, 1.165) is 32.0 Å². The molecule has 0 spiro atoms. The molecule has 2 heterocycles. The van der Waals surface area contributed by atoms with Gasteiger partial charge in [-0.1, -0.05) is 0 Å². The fraction of sp³-hybridized carbons (Fsp3) is 0.571. The van der Waals surface area contributed by atoms with Crippen molar-refractivity contribution in [2.24, 2.45) is 0 Å². The van der Waals surface area contributed by atoms with E-state index >= 15 is 0 Å². The number of nitrogens with one attached hydrogen (secondary N) is 1. The number of ether oxygens (including phenoxy) is 1. The molecular formula is C14H21N3O2. The highest BCUT2D eigenvalue weighted by molar-refractivity contribution is 5.93. The van der Waals surface area contributed by atoms with Crippen molar-refractivity contribution in [2.45, 2.75) is 19.9 Å². The fourth-order valence-electron chi connectivity index (χ4n) is 2.09. The summed E-state index contributed by atoms with van der Waals surface area (Å²) in [5.74, 6) is -0.0624. The van der Waals surface area contributed by atoms with Gasteiger partial charge in [0.1, 0.15) is 0 Å². The summed E-state index contributed by atoms with van der Waals surface area (Å²) in [6.45, 7) is 8.10. The molecule has 1 fully saturated rings. The lowest BCUT2D eigenvalue weighted by atomic mass is 10.2. The normalized spacial score (nSPS) is 18.0. The molecule has 0 aliphatic carbocycles. The van der Waals surface area contributed by atoms with Gasteiger partial charge < -0.3 is 10.1 Å². The third-order valence-corrected chi connectivity index (χ3v) is 3.40. The van der Waals surface area contributed by atoms with Gasteiger partial charge >= 0.3 is 0 Å². The maximum atomic E-state index is 11.9. The lowest BCUT2D eigenvalue weighted by Crippen LogP contribution is -2.47. The number of hydrogen-bond donors (Lipinski definition) is 1. The number of aryl methyl sites for hydroxylation is 1. The van der Waals surface area contributed by atoms with Crippen LogP contribution in [0.1, 0.15) is 23.0 Å². The van der Waals surface area contributed by atoms with Gasteiger partial charge in [-0.05, 0) is 26.0 Å². The zero-order valence-electron chi connectivity index (χ0n) is 11.6. The zero-order valence-corrected chi connectivity index (χ0v) is 11.6. The molecule has 5 heteroatoms. The molecule has 0 bridgehead atoms. The molecule has 1 aromatic heterocycles. The molecule has 1 atom stereocenters. The van der Waals surface area contributed by atoms with E-state index in [-0.39, 0.29) is 5.91 Å². The monoisotopic (exact) mass is 263 g/mol. The highest BCUT2D eigenvalue weighted by Crippen LogP contribution is 2.03. The Morgan fingerprint density at radius 2 is 2.21 bits per heavy atom. The van der Waals surface area contributed by atoms with Crippen molar-refractivity contribution < 1.29 is 9.53 Å². The lowest BCUT2D eigenvalue weighted by Gasteiger charge is -2.32. The number of hydrogen-bond acceptors (Lipinski definition) is 4. The molecule has 1 N–H and O–H groups in total. The van der Waals surface area contributed by atoms with Gasteiger partial charge in [-0.3, -0.25) is 14.7 Å². The van der Waals surface area contributed by atoms with Gasteiger partial charge in [-0.2, -0.15) is 0 Å². The van der Waals surface area contributed by atoms with E-state index in [2.05, 4.69) is 22.1 Å². The number of amides is 1. The van der Waals surface area contributed by atoms with Crippen LogP contribution in [-0.2, 0) is 4.74 Å². The van der Waals surface area contributed by atoms with Crippen LogP contribution in [0.3, 0.4) is 0 Å². The van der Waals surface area contributed by atoms with Crippen molar-refractivity contribution in [3.8, 4) is 0 Å². The molecule has 1 saturated heterocycles. The Morgan fingerprint density at radius 1 is 1.47 bits per heavy atom. The van der Waals surface area contributed by atoms with E-state index in [9.17, 15) is 4.79 Å². The summed E-state index contributed by atoms with van der Waals surface area (Å²) in [4.78, 5) is 18.4. The number of pyridine rings is 1. The van der Waals surface area contributed by atoms with Gasteiger partial charge in [-0.15, -0.1) is 0 Å². The smallest absolute Gasteiger partial charge is 0.252 e. The minimum absolute atomic E-state index is 0.0624. The maximum Gasteiger partial charge on any atom is 0.252 e. The Kier molecular flexibility index (Phi) is 4.87. The average Bonchev–Trinajstić information content (AvgIpc) is 2.46. The highest BCUT2D eigenvalue weighted by atomic mass is 16.5. The van der Waals surface area contributed by atoms with Gasteiger partial charge in [0.2, 0.25) is 0 Å². The van der Waals surface area contributed by atoms with Crippen molar-refractivity contribution in [2.75, 3.05) is 32.8 Å². The van der Waals surface area contributed by atoms with Crippen LogP contribution in [0, 0.1) is 6.92 Å². The van der Waals surface area contributed by atoms with Gasteiger partial charge in [0.15, 0.2) is 0 Å². The molecule has 1 aliphatic heterocycles. The third-order valence-electron chi connectivity index (χ3n) is 3.40. The first-order valence-electron chi connectivity index (χ1n) is 6.69. The van der Waals surface area contributed by atoms with E-state index in [0.29, 0.717) is 18.2 Å². The summed E-state index contributed by atoms with van der Waals surface area (Å²) in [5.41, 5.74) is 1.53. The van der Waals surface area contributed by atoms with Crippen LogP contribution in [0.5, 0.6) is 0 Å². The number of carbonyl (C=O) groups excluding carboxylic acids is 1. The van der Waals surface area contributed by atoms with Crippen molar-refractivity contribution in [1.82, 2.24) is 15.2 Å². The number of aromatic nitrogens is 1. The molecule has 0 radical (unpaired) electrons. The Bertz CT molecular complexity index is 413. The second-order valence-electron chi connectivity index (χ2n) is 4.90. The summed E-state index contributed by atoms with van der Waals surface area (Å²) in [5, 5.41) is 2.95. The fourth-order valence-corrected chi connectivity index (χ4v) is 2.09. The summed E-state index contributed by atoms with van der Waals surface area (Å²) in [6, 6.07) is 3.98. The Hall–Kier alpha value is -1.46. The van der Waals surface area contributed by atoms with Crippen LogP contribution >= 0.6 is 0 Å². The lowest BCUT2D eigenvalue weighted by molar-refractivity contribution is 0.0204.